The van der Waals surface area contributed by atoms with Gasteiger partial charge in [-0.15, -0.1) is 11.3 Å². The lowest BCUT2D eigenvalue weighted by Gasteiger charge is -2.37. The van der Waals surface area contributed by atoms with Gasteiger partial charge in [-0.3, -0.25) is 19.3 Å². The average Bonchev–Trinajstić information content (AvgIpc) is 3.44. The molecule has 1 aliphatic heterocycles. The molecular formula is C32H33FN6O3S. The van der Waals surface area contributed by atoms with E-state index in [1.165, 1.54) is 38.6 Å². The van der Waals surface area contributed by atoms with Gasteiger partial charge in [0.15, 0.2) is 11.6 Å². The molecule has 2 aliphatic rings. The van der Waals surface area contributed by atoms with Crippen LogP contribution in [0, 0.1) is 5.82 Å². The van der Waals surface area contributed by atoms with Crippen LogP contribution in [0.3, 0.4) is 0 Å². The van der Waals surface area contributed by atoms with Gasteiger partial charge in [-0.2, -0.15) is 0 Å². The maximum Gasteiger partial charge on any atom is 0.293 e. The van der Waals surface area contributed by atoms with E-state index in [-0.39, 0.29) is 46.2 Å². The smallest absolute Gasteiger partial charge is 0.293 e. The van der Waals surface area contributed by atoms with Crippen molar-refractivity contribution < 1.29 is 14.0 Å². The minimum absolute atomic E-state index is 0.0244. The number of fused-ring (bicyclic) bond motifs is 1. The van der Waals surface area contributed by atoms with E-state index in [4.69, 9.17) is 0 Å². The molecule has 43 heavy (non-hydrogen) atoms. The molecule has 222 valence electrons. The third-order valence-electron chi connectivity index (χ3n) is 8.14. The Morgan fingerprint density at radius 3 is 2.56 bits per heavy atom. The number of amides is 2. The molecule has 0 saturated carbocycles. The summed E-state index contributed by atoms with van der Waals surface area (Å²) in [5.74, 6) is -0.920. The number of hydrogen-bond acceptors (Lipinski definition) is 7. The molecular weight excluding hydrogens is 567 g/mol. The summed E-state index contributed by atoms with van der Waals surface area (Å²) in [6.07, 6.45) is 5.65. The minimum Gasteiger partial charge on any atom is -0.343 e. The molecule has 4 aromatic rings. The van der Waals surface area contributed by atoms with Crippen molar-refractivity contribution in [2.75, 3.05) is 37.8 Å². The van der Waals surface area contributed by atoms with Crippen molar-refractivity contribution in [3.63, 3.8) is 0 Å². The number of likely N-dealkylation sites (N-methyl/N-ethyl adjacent to an activating group) is 2. The minimum atomic E-state index is -0.634. The molecule has 2 aromatic heterocycles. The van der Waals surface area contributed by atoms with Crippen LogP contribution in [0.5, 0.6) is 0 Å². The SMILES string of the molecule is CN1CCN(C)C(c2ccc(Nc3nc(-c4cccc(NC(=O)c5cc6c(s5)CCCC6)c4F)cn(C)c3=O)cc2)C1=O. The maximum absolute atomic E-state index is 15.8. The molecule has 1 unspecified atom stereocenters. The Bertz CT molecular complexity index is 1740. The fraction of sp³-hybridized carbons (Fsp3) is 0.312. The Kier molecular flexibility index (Phi) is 7.85. The summed E-state index contributed by atoms with van der Waals surface area (Å²) in [6, 6.07) is 13.6. The topological polar surface area (TPSA) is 99.6 Å². The molecule has 2 aromatic carbocycles. The number of thiophene rings is 1. The van der Waals surface area contributed by atoms with E-state index in [1.54, 1.807) is 43.3 Å². The maximum atomic E-state index is 15.8. The zero-order valence-corrected chi connectivity index (χ0v) is 25.1. The number of rotatable bonds is 6. The number of anilines is 3. The fourth-order valence-electron chi connectivity index (χ4n) is 5.66. The molecule has 11 heteroatoms. The lowest BCUT2D eigenvalue weighted by atomic mass is 9.99. The van der Waals surface area contributed by atoms with Crippen LogP contribution in [-0.2, 0) is 24.7 Å². The van der Waals surface area contributed by atoms with Crippen LogP contribution in [0.25, 0.3) is 11.3 Å². The normalized spacial score (nSPS) is 17.1. The second-order valence-corrected chi connectivity index (χ2v) is 12.3. The lowest BCUT2D eigenvalue weighted by molar-refractivity contribution is -0.139. The zero-order chi connectivity index (χ0) is 30.2. The second-order valence-electron chi connectivity index (χ2n) is 11.2. The third-order valence-corrected chi connectivity index (χ3v) is 9.38. The molecule has 1 atom stereocenters. The molecule has 1 saturated heterocycles. The molecule has 2 amide bonds. The van der Waals surface area contributed by atoms with Crippen LogP contribution in [0.1, 0.15) is 44.6 Å². The first kappa shape index (κ1) is 28.8. The van der Waals surface area contributed by atoms with E-state index in [1.807, 2.05) is 30.1 Å². The van der Waals surface area contributed by atoms with Crippen molar-refractivity contribution in [3.8, 4) is 11.3 Å². The highest BCUT2D eigenvalue weighted by molar-refractivity contribution is 7.14. The molecule has 1 aliphatic carbocycles. The number of benzene rings is 2. The predicted molar refractivity (Wildman–Crippen MR) is 167 cm³/mol. The summed E-state index contributed by atoms with van der Waals surface area (Å²) in [5, 5.41) is 5.77. The summed E-state index contributed by atoms with van der Waals surface area (Å²) in [5.41, 5.74) is 2.71. The molecule has 0 radical (unpaired) electrons. The van der Waals surface area contributed by atoms with E-state index < -0.39 is 5.82 Å². The van der Waals surface area contributed by atoms with E-state index in [0.29, 0.717) is 17.1 Å². The molecule has 1 fully saturated rings. The summed E-state index contributed by atoms with van der Waals surface area (Å²) in [4.78, 5) is 48.7. The Hall–Kier alpha value is -4.35. The lowest BCUT2D eigenvalue weighted by Crippen LogP contribution is -2.48. The van der Waals surface area contributed by atoms with E-state index >= 15 is 4.39 Å². The highest BCUT2D eigenvalue weighted by Gasteiger charge is 2.32. The Labute approximate surface area is 253 Å². The van der Waals surface area contributed by atoms with Crippen LogP contribution in [0.2, 0.25) is 0 Å². The largest absolute Gasteiger partial charge is 0.343 e. The van der Waals surface area contributed by atoms with Gasteiger partial charge in [0, 0.05) is 49.5 Å². The molecule has 9 nitrogen and oxygen atoms in total. The number of halogens is 1. The summed E-state index contributed by atoms with van der Waals surface area (Å²) >= 11 is 1.47. The van der Waals surface area contributed by atoms with Gasteiger partial charge in [0.1, 0.15) is 6.04 Å². The van der Waals surface area contributed by atoms with Crippen molar-refractivity contribution in [1.29, 1.82) is 0 Å². The van der Waals surface area contributed by atoms with Gasteiger partial charge in [-0.25, -0.2) is 9.37 Å². The van der Waals surface area contributed by atoms with E-state index in [2.05, 4.69) is 15.6 Å². The van der Waals surface area contributed by atoms with Gasteiger partial charge in [0.2, 0.25) is 5.91 Å². The number of carbonyl (C=O) groups is 2. The quantitative estimate of drug-likeness (QED) is 0.324. The van der Waals surface area contributed by atoms with Crippen molar-refractivity contribution in [3.05, 3.63) is 91.8 Å². The van der Waals surface area contributed by atoms with Crippen LogP contribution in [0.15, 0.2) is 59.5 Å². The number of nitrogens with zero attached hydrogens (tertiary/aromatic N) is 4. The molecule has 0 spiro atoms. The van der Waals surface area contributed by atoms with Gasteiger partial charge >= 0.3 is 0 Å². The highest BCUT2D eigenvalue weighted by atomic mass is 32.1. The molecule has 6 rings (SSSR count). The van der Waals surface area contributed by atoms with Gasteiger partial charge in [-0.05, 0) is 74.2 Å². The van der Waals surface area contributed by atoms with Crippen LogP contribution >= 0.6 is 11.3 Å². The third kappa shape index (κ3) is 5.70. The monoisotopic (exact) mass is 600 g/mol. The molecule has 0 bridgehead atoms. The first-order valence-corrected chi connectivity index (χ1v) is 15.1. The Balaban J connectivity index is 1.24. The standard InChI is InChI=1S/C32H33FN6O3S/c1-37-15-16-38(2)31(41)28(37)19-11-13-21(14-12-19)34-29-32(42)39(3)18-24(35-29)22-8-6-9-23(27(22)33)36-30(40)26-17-20-7-4-5-10-25(20)43-26/h6,8-9,11-14,17-18,28H,4-5,7,10,15-16H2,1-3H3,(H,34,35)(H,36,40). The summed E-state index contributed by atoms with van der Waals surface area (Å²) in [6.45, 7) is 1.46. The molecule has 2 N–H and O–H groups in total. The van der Waals surface area contributed by atoms with Crippen LogP contribution in [0.4, 0.5) is 21.6 Å². The zero-order valence-electron chi connectivity index (χ0n) is 24.3. The number of nitrogens with one attached hydrogen (secondary N) is 2. The second kappa shape index (κ2) is 11.7. The number of hydrogen-bond donors (Lipinski definition) is 2. The van der Waals surface area contributed by atoms with Crippen LogP contribution in [-0.4, -0.2) is 58.4 Å². The van der Waals surface area contributed by atoms with E-state index in [9.17, 15) is 14.4 Å². The average molecular weight is 601 g/mol. The number of aromatic nitrogens is 2. The van der Waals surface area contributed by atoms with Crippen molar-refractivity contribution in [2.45, 2.75) is 31.7 Å². The number of piperazine rings is 1. The summed E-state index contributed by atoms with van der Waals surface area (Å²) < 4.78 is 17.1. The first-order valence-electron chi connectivity index (χ1n) is 14.3. The first-order chi connectivity index (χ1) is 20.7. The van der Waals surface area contributed by atoms with E-state index in [0.717, 1.165) is 37.8 Å². The van der Waals surface area contributed by atoms with Crippen molar-refractivity contribution in [1.82, 2.24) is 19.4 Å². The van der Waals surface area contributed by atoms with Crippen molar-refractivity contribution in [2.24, 2.45) is 7.05 Å². The number of carbonyl (C=O) groups excluding carboxylic acids is 2. The van der Waals surface area contributed by atoms with Crippen molar-refractivity contribution >= 4 is 40.3 Å². The fourth-order valence-corrected chi connectivity index (χ4v) is 6.81. The van der Waals surface area contributed by atoms with Gasteiger partial charge in [-0.1, -0.05) is 18.2 Å². The predicted octanol–water partition coefficient (Wildman–Crippen LogP) is 4.97. The van der Waals surface area contributed by atoms with Gasteiger partial charge in [0.05, 0.1) is 16.3 Å². The van der Waals surface area contributed by atoms with Gasteiger partial charge in [0.25, 0.3) is 11.5 Å². The van der Waals surface area contributed by atoms with Crippen LogP contribution < -0.4 is 16.2 Å². The Morgan fingerprint density at radius 1 is 1.02 bits per heavy atom. The Morgan fingerprint density at radius 2 is 1.79 bits per heavy atom. The summed E-state index contributed by atoms with van der Waals surface area (Å²) in [7, 11) is 5.30. The number of aryl methyl sites for hydroxylation is 3. The van der Waals surface area contributed by atoms with Gasteiger partial charge < -0.3 is 20.1 Å². The molecule has 3 heterocycles. The highest BCUT2D eigenvalue weighted by Crippen LogP contribution is 2.32.